The van der Waals surface area contributed by atoms with Gasteiger partial charge in [-0.1, -0.05) is 0 Å². The topological polar surface area (TPSA) is 162 Å². The number of nitrogen functional groups attached to an aromatic ring is 1. The minimum Gasteiger partial charge on any atom is -0.462 e. The minimum absolute atomic E-state index is 0.0616. The number of hydrogen-bond acceptors (Lipinski definition) is 7. The lowest BCUT2D eigenvalue weighted by Gasteiger charge is -2.11. The first-order chi connectivity index (χ1) is 14.4. The van der Waals surface area contributed by atoms with Crippen molar-refractivity contribution in [3.8, 4) is 16.9 Å². The molecule has 30 heavy (non-hydrogen) atoms. The number of ether oxygens (including phenoxy) is 1. The number of nitrogens with one attached hydrogen (secondary N) is 2. The molecule has 0 aliphatic rings. The molecule has 154 valence electrons. The Kier molecular flexibility index (Phi) is 5.74. The van der Waals surface area contributed by atoms with Crippen molar-refractivity contribution in [2.24, 2.45) is 5.84 Å². The summed E-state index contributed by atoms with van der Waals surface area (Å²) in [6, 6.07) is 11.4. The van der Waals surface area contributed by atoms with Gasteiger partial charge in [0, 0.05) is 23.3 Å². The number of rotatable bonds is 6. The van der Waals surface area contributed by atoms with Crippen molar-refractivity contribution in [3.63, 3.8) is 0 Å². The number of esters is 1. The van der Waals surface area contributed by atoms with Crippen molar-refractivity contribution in [2.45, 2.75) is 6.92 Å². The molecule has 1 amide bonds. The molecule has 0 fully saturated rings. The lowest BCUT2D eigenvalue weighted by molar-refractivity contribution is -0.384. The monoisotopic (exact) mass is 411 g/mol. The van der Waals surface area contributed by atoms with Gasteiger partial charge in [0.1, 0.15) is 0 Å². The van der Waals surface area contributed by atoms with Gasteiger partial charge in [-0.2, -0.15) is 0 Å². The number of nitrogens with two attached hydrogens (primary N) is 1. The zero-order chi connectivity index (χ0) is 21.8. The molecule has 0 saturated heterocycles. The Morgan fingerprint density at radius 2 is 1.80 bits per heavy atom. The fraction of sp³-hybridized carbons (Fsp3) is 0.105. The maximum atomic E-state index is 12.6. The van der Waals surface area contributed by atoms with Crippen molar-refractivity contribution in [3.05, 3.63) is 80.1 Å². The number of hydrazine groups is 1. The van der Waals surface area contributed by atoms with Crippen LogP contribution in [0.2, 0.25) is 0 Å². The number of H-pyrrole nitrogens is 1. The maximum Gasteiger partial charge on any atom is 0.346 e. The summed E-state index contributed by atoms with van der Waals surface area (Å²) in [5.41, 5.74) is 2.22. The van der Waals surface area contributed by atoms with E-state index in [1.54, 1.807) is 19.1 Å². The van der Waals surface area contributed by atoms with Gasteiger partial charge in [-0.05, 0) is 43.3 Å². The Balaban J connectivity index is 2.19. The Bertz CT molecular complexity index is 1160. The summed E-state index contributed by atoms with van der Waals surface area (Å²) < 4.78 is 6.35. The molecule has 0 aliphatic heterocycles. The van der Waals surface area contributed by atoms with Gasteiger partial charge in [0.15, 0.2) is 5.56 Å². The van der Waals surface area contributed by atoms with Gasteiger partial charge in [-0.15, -0.1) is 0 Å². The number of hydrogen-bond donors (Lipinski definition) is 3. The van der Waals surface area contributed by atoms with Crippen molar-refractivity contribution in [1.29, 1.82) is 0 Å². The number of nitro benzene ring substituents is 1. The van der Waals surface area contributed by atoms with E-state index in [9.17, 15) is 24.5 Å². The number of benzene rings is 2. The molecule has 2 aromatic carbocycles. The van der Waals surface area contributed by atoms with Gasteiger partial charge in [0.25, 0.3) is 17.2 Å². The van der Waals surface area contributed by atoms with Crippen LogP contribution in [-0.4, -0.2) is 33.2 Å². The summed E-state index contributed by atoms with van der Waals surface area (Å²) in [5, 5.41) is 13.5. The van der Waals surface area contributed by atoms with Gasteiger partial charge in [0.05, 0.1) is 22.9 Å². The van der Waals surface area contributed by atoms with Crippen LogP contribution >= 0.6 is 0 Å². The van der Waals surface area contributed by atoms with Gasteiger partial charge in [-0.3, -0.25) is 34.9 Å². The first-order valence-electron chi connectivity index (χ1n) is 8.75. The van der Waals surface area contributed by atoms with E-state index in [-0.39, 0.29) is 23.6 Å². The third-order valence-corrected chi connectivity index (χ3v) is 4.25. The number of non-ortho nitro benzene ring substituents is 1. The molecule has 11 heteroatoms. The molecule has 0 bridgehead atoms. The number of carbonyl (C=O) groups is 2. The van der Waals surface area contributed by atoms with E-state index < -0.39 is 22.4 Å². The van der Waals surface area contributed by atoms with Crippen LogP contribution < -0.4 is 16.8 Å². The van der Waals surface area contributed by atoms with Gasteiger partial charge >= 0.3 is 5.97 Å². The average molecular weight is 411 g/mol. The molecule has 3 rings (SSSR count). The lowest BCUT2D eigenvalue weighted by atomic mass is 10.1. The van der Waals surface area contributed by atoms with Crippen molar-refractivity contribution in [2.75, 3.05) is 6.61 Å². The number of aromatic amines is 1. The Morgan fingerprint density at radius 1 is 1.17 bits per heavy atom. The van der Waals surface area contributed by atoms with Gasteiger partial charge in [0.2, 0.25) is 0 Å². The summed E-state index contributed by atoms with van der Waals surface area (Å²) in [5.74, 6) is 3.80. The molecule has 1 aromatic heterocycles. The lowest BCUT2D eigenvalue weighted by Crippen LogP contribution is -2.29. The largest absolute Gasteiger partial charge is 0.462 e. The highest BCUT2D eigenvalue weighted by atomic mass is 16.6. The fourth-order valence-corrected chi connectivity index (χ4v) is 2.88. The van der Waals surface area contributed by atoms with Crippen molar-refractivity contribution < 1.29 is 19.2 Å². The molecule has 1 heterocycles. The van der Waals surface area contributed by atoms with E-state index in [0.29, 0.717) is 16.8 Å². The van der Waals surface area contributed by atoms with Crippen LogP contribution in [-0.2, 0) is 4.74 Å². The SMILES string of the molecule is CCOC(=O)c1c(-c2ccc([N+](=O)[O-])cc2)n(-c2ccc(C(=O)NN)cc2)[nH]c1=O. The number of carbonyl (C=O) groups excluding carboxylic acids is 2. The number of aromatic nitrogens is 2. The Morgan fingerprint density at radius 3 is 2.33 bits per heavy atom. The van der Waals surface area contributed by atoms with Crippen LogP contribution in [0.3, 0.4) is 0 Å². The van der Waals surface area contributed by atoms with Gasteiger partial charge < -0.3 is 4.74 Å². The predicted molar refractivity (Wildman–Crippen MR) is 106 cm³/mol. The van der Waals surface area contributed by atoms with Crippen LogP contribution in [0.4, 0.5) is 5.69 Å². The van der Waals surface area contributed by atoms with E-state index >= 15 is 0 Å². The zero-order valence-electron chi connectivity index (χ0n) is 15.7. The Labute approximate surface area is 169 Å². The normalized spacial score (nSPS) is 10.5. The van der Waals surface area contributed by atoms with Crippen LogP contribution in [0.5, 0.6) is 0 Å². The number of amides is 1. The van der Waals surface area contributed by atoms with E-state index in [1.165, 1.54) is 41.1 Å². The summed E-state index contributed by atoms with van der Waals surface area (Å²) >= 11 is 0. The fourth-order valence-electron chi connectivity index (χ4n) is 2.88. The van der Waals surface area contributed by atoms with Gasteiger partial charge in [-0.25, -0.2) is 10.6 Å². The molecule has 0 atom stereocenters. The number of nitro groups is 1. The summed E-state index contributed by atoms with van der Waals surface area (Å²) in [4.78, 5) is 47.0. The molecule has 0 radical (unpaired) electrons. The van der Waals surface area contributed by atoms with Crippen LogP contribution in [0.1, 0.15) is 27.6 Å². The second-order valence-electron chi connectivity index (χ2n) is 6.04. The number of nitrogens with zero attached hydrogens (tertiary/aromatic N) is 2. The molecule has 11 nitrogen and oxygen atoms in total. The zero-order valence-corrected chi connectivity index (χ0v) is 15.7. The smallest absolute Gasteiger partial charge is 0.346 e. The van der Waals surface area contributed by atoms with E-state index in [4.69, 9.17) is 10.6 Å². The second-order valence-corrected chi connectivity index (χ2v) is 6.04. The molecule has 3 aromatic rings. The third-order valence-electron chi connectivity index (χ3n) is 4.25. The van der Waals surface area contributed by atoms with E-state index in [2.05, 4.69) is 5.10 Å². The quantitative estimate of drug-likeness (QED) is 0.182. The molecule has 0 unspecified atom stereocenters. The first kappa shape index (κ1) is 20.5. The summed E-state index contributed by atoms with van der Waals surface area (Å²) in [6.45, 7) is 1.67. The predicted octanol–water partition coefficient (Wildman–Crippen LogP) is 1.52. The molecule has 0 aliphatic carbocycles. The van der Waals surface area contributed by atoms with Crippen LogP contribution in [0, 0.1) is 10.1 Å². The highest BCUT2D eigenvalue weighted by Crippen LogP contribution is 2.27. The highest BCUT2D eigenvalue weighted by molar-refractivity contribution is 5.97. The van der Waals surface area contributed by atoms with Crippen LogP contribution in [0.25, 0.3) is 16.9 Å². The van der Waals surface area contributed by atoms with Crippen LogP contribution in [0.15, 0.2) is 53.3 Å². The maximum absolute atomic E-state index is 12.6. The molecule has 0 saturated carbocycles. The minimum atomic E-state index is -0.829. The highest BCUT2D eigenvalue weighted by Gasteiger charge is 2.25. The standard InChI is InChI=1S/C19H17N5O6/c1-2-30-19(27)15-16(11-3-9-14(10-4-11)24(28)29)23(22-18(15)26)13-7-5-12(6-8-13)17(25)21-20/h3-10H,2,20H2,1H3,(H,21,25)(H,22,26). The second kappa shape index (κ2) is 8.41. The van der Waals surface area contributed by atoms with Crippen molar-refractivity contribution in [1.82, 2.24) is 15.2 Å². The van der Waals surface area contributed by atoms with E-state index in [0.717, 1.165) is 0 Å². The summed E-state index contributed by atoms with van der Waals surface area (Å²) in [6.07, 6.45) is 0. The van der Waals surface area contributed by atoms with Crippen molar-refractivity contribution >= 4 is 17.6 Å². The third kappa shape index (κ3) is 3.82. The summed E-state index contributed by atoms with van der Waals surface area (Å²) in [7, 11) is 0. The van der Waals surface area contributed by atoms with E-state index in [1.807, 2.05) is 5.43 Å². The Hall–Kier alpha value is -4.25. The molecule has 0 spiro atoms. The molecule has 4 N–H and O–H groups in total. The molecular formula is C19H17N5O6. The molecular weight excluding hydrogens is 394 g/mol. The first-order valence-corrected chi connectivity index (χ1v) is 8.75. The average Bonchev–Trinajstić information content (AvgIpc) is 3.10.